The quantitative estimate of drug-likeness (QED) is 0.663. The molecule has 4 N–H and O–H groups in total. The molecule has 0 bridgehead atoms. The van der Waals surface area contributed by atoms with Crippen LogP contribution in [0.4, 0.5) is 0 Å². The Labute approximate surface area is 88.3 Å². The number of hydrogen-bond acceptors (Lipinski definition) is 3. The van der Waals surface area contributed by atoms with E-state index in [1.165, 1.54) is 0 Å². The zero-order chi connectivity index (χ0) is 11.6. The molecule has 0 saturated heterocycles. The second kappa shape index (κ2) is 4.31. The number of carbonyl (C=O) groups excluding carboxylic acids is 1. The number of phenols is 1. The van der Waals surface area contributed by atoms with Gasteiger partial charge in [0.2, 0.25) is 0 Å². The normalized spacial score (nSPS) is 12.5. The summed E-state index contributed by atoms with van der Waals surface area (Å²) in [6, 6.07) is 2.47. The lowest BCUT2D eigenvalue weighted by molar-refractivity contribution is -0.437. The third-order valence-corrected chi connectivity index (χ3v) is 2.46. The number of quaternary nitrogens is 1. The van der Waals surface area contributed by atoms with E-state index in [1.54, 1.807) is 12.1 Å². The molecule has 0 aliphatic carbocycles. The summed E-state index contributed by atoms with van der Waals surface area (Å²) < 4.78 is 0. The van der Waals surface area contributed by atoms with Gasteiger partial charge in [-0.3, -0.25) is 0 Å². The first-order valence-corrected chi connectivity index (χ1v) is 4.75. The van der Waals surface area contributed by atoms with Gasteiger partial charge in [0.25, 0.3) is 0 Å². The van der Waals surface area contributed by atoms with Crippen molar-refractivity contribution < 1.29 is 20.7 Å². The molecule has 4 heteroatoms. The molecule has 0 saturated carbocycles. The van der Waals surface area contributed by atoms with Gasteiger partial charge in [-0.05, 0) is 42.7 Å². The molecule has 0 aromatic heterocycles. The minimum atomic E-state index is -1.15. The Bertz CT molecular complexity index is 364. The molecule has 1 aromatic rings. The Balaban J connectivity index is 3.00. The molecular weight excluding hydrogens is 194 g/mol. The molecule has 0 aliphatic heterocycles. The van der Waals surface area contributed by atoms with Crippen LogP contribution in [-0.4, -0.2) is 17.1 Å². The summed E-state index contributed by atoms with van der Waals surface area (Å²) in [7, 11) is 0. The van der Waals surface area contributed by atoms with E-state index in [9.17, 15) is 15.0 Å². The summed E-state index contributed by atoms with van der Waals surface area (Å²) in [5.41, 5.74) is 6.18. The van der Waals surface area contributed by atoms with Gasteiger partial charge in [0, 0.05) is 6.42 Å². The van der Waals surface area contributed by atoms with Crippen molar-refractivity contribution in [2.45, 2.75) is 26.3 Å². The summed E-state index contributed by atoms with van der Waals surface area (Å²) in [5.74, 6) is -0.954. The van der Waals surface area contributed by atoms with Gasteiger partial charge in [0.05, 0.1) is 5.97 Å². The van der Waals surface area contributed by atoms with E-state index in [4.69, 9.17) is 0 Å². The van der Waals surface area contributed by atoms with E-state index in [0.29, 0.717) is 6.42 Å². The van der Waals surface area contributed by atoms with E-state index in [2.05, 4.69) is 5.73 Å². The van der Waals surface area contributed by atoms with Crippen molar-refractivity contribution in [3.05, 3.63) is 28.8 Å². The molecule has 15 heavy (non-hydrogen) atoms. The zero-order valence-corrected chi connectivity index (χ0v) is 8.91. The van der Waals surface area contributed by atoms with Gasteiger partial charge in [0.15, 0.2) is 0 Å². The Morgan fingerprint density at radius 1 is 1.47 bits per heavy atom. The largest absolute Gasteiger partial charge is 0.544 e. The molecule has 0 radical (unpaired) electrons. The standard InChI is InChI=1S/C11H15NO3/c1-6-3-8(13)4-7(2)9(6)5-10(12)11(14)15/h3-4,10,13H,5,12H2,1-2H3,(H,14,15)/t10-/m0/s1. The fourth-order valence-electron chi connectivity index (χ4n) is 1.62. The van der Waals surface area contributed by atoms with Crippen molar-refractivity contribution >= 4 is 5.97 Å². The molecule has 4 nitrogen and oxygen atoms in total. The van der Waals surface area contributed by atoms with Gasteiger partial charge in [-0.15, -0.1) is 0 Å². The van der Waals surface area contributed by atoms with Crippen molar-refractivity contribution in [1.82, 2.24) is 0 Å². The van der Waals surface area contributed by atoms with Gasteiger partial charge in [-0.25, -0.2) is 0 Å². The lowest BCUT2D eigenvalue weighted by Gasteiger charge is -2.14. The number of aliphatic carboxylic acids is 1. The van der Waals surface area contributed by atoms with Crippen LogP contribution in [0.1, 0.15) is 16.7 Å². The van der Waals surface area contributed by atoms with Crippen LogP contribution in [0.25, 0.3) is 0 Å². The molecule has 82 valence electrons. The van der Waals surface area contributed by atoms with Crippen LogP contribution in [0.5, 0.6) is 5.75 Å². The third kappa shape index (κ3) is 2.70. The molecule has 1 atom stereocenters. The lowest BCUT2D eigenvalue weighted by Crippen LogP contribution is -2.69. The number of rotatable bonds is 3. The topological polar surface area (TPSA) is 88.0 Å². The monoisotopic (exact) mass is 209 g/mol. The second-order valence-corrected chi connectivity index (χ2v) is 3.78. The molecule has 0 unspecified atom stereocenters. The van der Waals surface area contributed by atoms with E-state index in [-0.39, 0.29) is 5.75 Å². The smallest absolute Gasteiger partial charge is 0.129 e. The summed E-state index contributed by atoms with van der Waals surface area (Å²) in [5, 5.41) is 19.9. The number of phenolic OH excluding ortho intramolecular Hbond substituents is 1. The number of hydrogen-bond donors (Lipinski definition) is 2. The van der Waals surface area contributed by atoms with Crippen LogP contribution in [0.15, 0.2) is 12.1 Å². The Morgan fingerprint density at radius 2 is 1.93 bits per heavy atom. The van der Waals surface area contributed by atoms with Crippen LogP contribution >= 0.6 is 0 Å². The highest BCUT2D eigenvalue weighted by atomic mass is 16.4. The average molecular weight is 209 g/mol. The third-order valence-electron chi connectivity index (χ3n) is 2.46. The maximum Gasteiger partial charge on any atom is 0.129 e. The molecular formula is C11H15NO3. The number of aromatic hydroxyl groups is 1. The molecule has 1 rings (SSSR count). The minimum Gasteiger partial charge on any atom is -0.544 e. The Kier molecular flexibility index (Phi) is 3.31. The highest BCUT2D eigenvalue weighted by molar-refractivity contribution is 5.69. The number of carbonyl (C=O) groups is 1. The van der Waals surface area contributed by atoms with Crippen LogP contribution in [0.3, 0.4) is 0 Å². The predicted molar refractivity (Wildman–Crippen MR) is 53.0 cm³/mol. The van der Waals surface area contributed by atoms with E-state index >= 15 is 0 Å². The van der Waals surface area contributed by atoms with Crippen molar-refractivity contribution in [2.24, 2.45) is 0 Å². The molecule has 0 aliphatic rings. The van der Waals surface area contributed by atoms with E-state index < -0.39 is 12.0 Å². The van der Waals surface area contributed by atoms with Gasteiger partial charge < -0.3 is 20.7 Å². The number of benzene rings is 1. The van der Waals surface area contributed by atoms with Crippen LogP contribution < -0.4 is 10.8 Å². The SMILES string of the molecule is Cc1cc(O)cc(C)c1C[C@H]([NH3+])C(=O)[O-]. The van der Waals surface area contributed by atoms with Crippen molar-refractivity contribution in [3.63, 3.8) is 0 Å². The minimum absolute atomic E-state index is 0.197. The Morgan fingerprint density at radius 3 is 2.33 bits per heavy atom. The van der Waals surface area contributed by atoms with Crippen LogP contribution in [0, 0.1) is 13.8 Å². The number of aryl methyl sites for hydroxylation is 2. The van der Waals surface area contributed by atoms with Gasteiger partial charge in [-0.2, -0.15) is 0 Å². The molecule has 0 spiro atoms. The van der Waals surface area contributed by atoms with Crippen LogP contribution in [-0.2, 0) is 11.2 Å². The maximum atomic E-state index is 10.6. The van der Waals surface area contributed by atoms with Gasteiger partial charge >= 0.3 is 0 Å². The van der Waals surface area contributed by atoms with Crippen molar-refractivity contribution in [3.8, 4) is 5.75 Å². The molecule has 0 fully saturated rings. The number of carboxylic acids is 1. The van der Waals surface area contributed by atoms with Gasteiger partial charge in [-0.1, -0.05) is 0 Å². The fourth-order valence-corrected chi connectivity index (χ4v) is 1.62. The predicted octanol–water partition coefficient (Wildman–Crippen LogP) is -1.09. The lowest BCUT2D eigenvalue weighted by atomic mass is 9.96. The summed E-state index contributed by atoms with van der Waals surface area (Å²) in [6.07, 6.45) is 0.334. The fraction of sp³-hybridized carbons (Fsp3) is 0.364. The summed E-state index contributed by atoms with van der Waals surface area (Å²) in [6.45, 7) is 3.67. The van der Waals surface area contributed by atoms with Crippen molar-refractivity contribution in [1.29, 1.82) is 0 Å². The highest BCUT2D eigenvalue weighted by Crippen LogP contribution is 2.21. The maximum absolute atomic E-state index is 10.6. The highest BCUT2D eigenvalue weighted by Gasteiger charge is 2.13. The Hall–Kier alpha value is -1.55. The van der Waals surface area contributed by atoms with E-state index in [1.807, 2.05) is 13.8 Å². The first kappa shape index (κ1) is 11.5. The average Bonchev–Trinajstić information content (AvgIpc) is 2.10. The van der Waals surface area contributed by atoms with Crippen LogP contribution in [0.2, 0.25) is 0 Å². The van der Waals surface area contributed by atoms with E-state index in [0.717, 1.165) is 16.7 Å². The zero-order valence-electron chi connectivity index (χ0n) is 8.91. The summed E-state index contributed by atoms with van der Waals surface area (Å²) >= 11 is 0. The van der Waals surface area contributed by atoms with Crippen molar-refractivity contribution in [2.75, 3.05) is 0 Å². The molecule has 0 heterocycles. The molecule has 1 aromatic carbocycles. The molecule has 0 amide bonds. The first-order valence-electron chi connectivity index (χ1n) is 4.75. The first-order chi connectivity index (χ1) is 6.91. The number of carboxylic acid groups (broad SMARTS) is 1. The second-order valence-electron chi connectivity index (χ2n) is 3.78. The summed E-state index contributed by atoms with van der Waals surface area (Å²) in [4.78, 5) is 10.6. The van der Waals surface area contributed by atoms with Gasteiger partial charge in [0.1, 0.15) is 11.8 Å².